The fourth-order valence-corrected chi connectivity index (χ4v) is 1.45. The molecule has 0 radical (unpaired) electrons. The summed E-state index contributed by atoms with van der Waals surface area (Å²) in [4.78, 5) is 14.1. The van der Waals surface area contributed by atoms with Gasteiger partial charge in [0.2, 0.25) is 5.95 Å². The first-order chi connectivity index (χ1) is 8.08. The second-order valence-corrected chi connectivity index (χ2v) is 3.53. The molecule has 0 unspecified atom stereocenters. The van der Waals surface area contributed by atoms with Crippen LogP contribution in [0.25, 0.3) is 11.3 Å². The Balaban J connectivity index is 2.54. The summed E-state index contributed by atoms with van der Waals surface area (Å²) >= 11 is 5.70. The van der Waals surface area contributed by atoms with Crippen molar-refractivity contribution in [2.75, 3.05) is 5.73 Å². The number of rotatable bonds is 2. The average molecular weight is 252 g/mol. The number of hydrogen-bond acceptors (Lipinski definition) is 6. The minimum absolute atomic E-state index is 0.0000954. The number of nitro benzene ring substituents is 1. The zero-order chi connectivity index (χ0) is 12.4. The summed E-state index contributed by atoms with van der Waals surface area (Å²) in [5, 5.41) is 17.9. The van der Waals surface area contributed by atoms with Crippen molar-refractivity contribution < 1.29 is 4.92 Å². The Kier molecular flexibility index (Phi) is 2.84. The number of hydrogen-bond donors (Lipinski definition) is 1. The van der Waals surface area contributed by atoms with Crippen molar-refractivity contribution in [3.05, 3.63) is 39.5 Å². The number of halogens is 1. The number of anilines is 1. The van der Waals surface area contributed by atoms with Gasteiger partial charge in [-0.15, -0.1) is 5.10 Å². The SMILES string of the molecule is Nc1nncc(-c2ccc(Cl)c([N+](=O)[O-])c2)n1. The molecule has 8 heteroatoms. The van der Waals surface area contributed by atoms with E-state index in [0.29, 0.717) is 11.3 Å². The van der Waals surface area contributed by atoms with Gasteiger partial charge in [-0.05, 0) is 6.07 Å². The fourth-order valence-electron chi connectivity index (χ4n) is 1.27. The van der Waals surface area contributed by atoms with E-state index < -0.39 is 4.92 Å². The van der Waals surface area contributed by atoms with E-state index in [1.807, 2.05) is 0 Å². The Morgan fingerprint density at radius 1 is 1.41 bits per heavy atom. The number of nitrogens with zero attached hydrogens (tertiary/aromatic N) is 4. The summed E-state index contributed by atoms with van der Waals surface area (Å²) in [6.45, 7) is 0. The van der Waals surface area contributed by atoms with Crippen LogP contribution in [0.3, 0.4) is 0 Å². The smallest absolute Gasteiger partial charge is 0.288 e. The van der Waals surface area contributed by atoms with Gasteiger partial charge in [0.05, 0.1) is 16.8 Å². The highest BCUT2D eigenvalue weighted by atomic mass is 35.5. The molecular weight excluding hydrogens is 246 g/mol. The molecule has 17 heavy (non-hydrogen) atoms. The van der Waals surface area contributed by atoms with Crippen molar-refractivity contribution in [2.24, 2.45) is 0 Å². The van der Waals surface area contributed by atoms with Gasteiger partial charge in [-0.2, -0.15) is 5.10 Å². The summed E-state index contributed by atoms with van der Waals surface area (Å²) in [5.74, 6) is 0.0000954. The third-order valence-electron chi connectivity index (χ3n) is 2.01. The summed E-state index contributed by atoms with van der Waals surface area (Å²) in [6.07, 6.45) is 1.36. The molecule has 2 rings (SSSR count). The lowest BCUT2D eigenvalue weighted by atomic mass is 10.1. The van der Waals surface area contributed by atoms with Gasteiger partial charge in [0, 0.05) is 11.6 Å². The van der Waals surface area contributed by atoms with Gasteiger partial charge in [0.15, 0.2) is 0 Å². The minimum Gasteiger partial charge on any atom is -0.366 e. The molecule has 0 bridgehead atoms. The Morgan fingerprint density at radius 2 is 2.18 bits per heavy atom. The van der Waals surface area contributed by atoms with Crippen molar-refractivity contribution in [1.82, 2.24) is 15.2 Å². The topological polar surface area (TPSA) is 108 Å². The zero-order valence-electron chi connectivity index (χ0n) is 8.37. The molecule has 1 heterocycles. The summed E-state index contributed by atoms with van der Waals surface area (Å²) < 4.78 is 0. The summed E-state index contributed by atoms with van der Waals surface area (Å²) in [7, 11) is 0. The van der Waals surface area contributed by atoms with E-state index >= 15 is 0 Å². The third kappa shape index (κ3) is 2.28. The first-order valence-electron chi connectivity index (χ1n) is 4.47. The fraction of sp³-hybridized carbons (Fsp3) is 0. The van der Waals surface area contributed by atoms with Gasteiger partial charge >= 0.3 is 0 Å². The van der Waals surface area contributed by atoms with Gasteiger partial charge in [0.25, 0.3) is 5.69 Å². The predicted molar refractivity (Wildman–Crippen MR) is 61.3 cm³/mol. The van der Waals surface area contributed by atoms with Crippen LogP contribution in [-0.4, -0.2) is 20.1 Å². The molecule has 0 aliphatic heterocycles. The quantitative estimate of drug-likeness (QED) is 0.643. The van der Waals surface area contributed by atoms with E-state index in [2.05, 4.69) is 15.2 Å². The number of nitrogen functional groups attached to an aromatic ring is 1. The van der Waals surface area contributed by atoms with E-state index in [-0.39, 0.29) is 16.7 Å². The summed E-state index contributed by atoms with van der Waals surface area (Å²) in [5.41, 5.74) is 6.09. The highest BCUT2D eigenvalue weighted by Crippen LogP contribution is 2.29. The molecule has 0 aliphatic carbocycles. The normalized spacial score (nSPS) is 10.2. The highest BCUT2D eigenvalue weighted by Gasteiger charge is 2.14. The van der Waals surface area contributed by atoms with Gasteiger partial charge < -0.3 is 5.73 Å². The maximum absolute atomic E-state index is 10.7. The Labute approximate surface area is 100 Å². The lowest BCUT2D eigenvalue weighted by molar-refractivity contribution is -0.384. The molecule has 0 fully saturated rings. The zero-order valence-corrected chi connectivity index (χ0v) is 9.13. The van der Waals surface area contributed by atoms with E-state index in [1.54, 1.807) is 6.07 Å². The number of nitrogens with two attached hydrogens (primary N) is 1. The largest absolute Gasteiger partial charge is 0.366 e. The molecule has 0 saturated carbocycles. The number of benzene rings is 1. The van der Waals surface area contributed by atoms with Crippen LogP contribution in [-0.2, 0) is 0 Å². The van der Waals surface area contributed by atoms with E-state index in [1.165, 1.54) is 18.3 Å². The first kappa shape index (κ1) is 11.2. The van der Waals surface area contributed by atoms with Gasteiger partial charge in [-0.1, -0.05) is 17.7 Å². The maximum atomic E-state index is 10.7. The maximum Gasteiger partial charge on any atom is 0.288 e. The number of nitro groups is 1. The van der Waals surface area contributed by atoms with Crippen LogP contribution < -0.4 is 5.73 Å². The van der Waals surface area contributed by atoms with Crippen LogP contribution in [0.2, 0.25) is 5.02 Å². The van der Waals surface area contributed by atoms with Crippen LogP contribution >= 0.6 is 11.6 Å². The Hall–Kier alpha value is -2.28. The Bertz CT molecular complexity index is 589. The van der Waals surface area contributed by atoms with Crippen LogP contribution in [0.5, 0.6) is 0 Å². The second kappa shape index (κ2) is 4.30. The van der Waals surface area contributed by atoms with Gasteiger partial charge in [0.1, 0.15) is 5.02 Å². The molecular formula is C9H6ClN5O2. The molecule has 2 N–H and O–H groups in total. The van der Waals surface area contributed by atoms with Crippen LogP contribution in [0, 0.1) is 10.1 Å². The van der Waals surface area contributed by atoms with Crippen LogP contribution in [0.15, 0.2) is 24.4 Å². The minimum atomic E-state index is -0.566. The van der Waals surface area contributed by atoms with Crippen molar-refractivity contribution in [3.8, 4) is 11.3 Å². The molecule has 0 amide bonds. The average Bonchev–Trinajstić information content (AvgIpc) is 2.29. The first-order valence-corrected chi connectivity index (χ1v) is 4.85. The standard InChI is InChI=1S/C9H6ClN5O2/c10-6-2-1-5(3-8(6)15(16)17)7-4-12-14-9(11)13-7/h1-4H,(H2,11,13,14). The summed E-state index contributed by atoms with van der Waals surface area (Å²) in [6, 6.07) is 4.33. The van der Waals surface area contributed by atoms with Crippen LogP contribution in [0.1, 0.15) is 0 Å². The van der Waals surface area contributed by atoms with E-state index in [0.717, 1.165) is 0 Å². The lowest BCUT2D eigenvalue weighted by Gasteiger charge is -2.01. The van der Waals surface area contributed by atoms with Gasteiger partial charge in [-0.25, -0.2) is 4.98 Å². The molecule has 0 aliphatic rings. The van der Waals surface area contributed by atoms with Gasteiger partial charge in [-0.3, -0.25) is 10.1 Å². The predicted octanol–water partition coefficient (Wildman–Crippen LogP) is 1.68. The van der Waals surface area contributed by atoms with E-state index in [4.69, 9.17) is 17.3 Å². The molecule has 0 saturated heterocycles. The second-order valence-electron chi connectivity index (χ2n) is 3.12. The molecule has 0 spiro atoms. The lowest BCUT2D eigenvalue weighted by Crippen LogP contribution is -1.98. The van der Waals surface area contributed by atoms with Crippen molar-refractivity contribution in [3.63, 3.8) is 0 Å². The third-order valence-corrected chi connectivity index (χ3v) is 2.33. The molecule has 1 aromatic heterocycles. The molecule has 1 aromatic carbocycles. The van der Waals surface area contributed by atoms with Crippen LogP contribution in [0.4, 0.5) is 11.6 Å². The highest BCUT2D eigenvalue weighted by molar-refractivity contribution is 6.32. The van der Waals surface area contributed by atoms with Crippen molar-refractivity contribution in [1.29, 1.82) is 0 Å². The van der Waals surface area contributed by atoms with Crippen molar-refractivity contribution in [2.45, 2.75) is 0 Å². The molecule has 0 atom stereocenters. The molecule has 2 aromatic rings. The molecule has 86 valence electrons. The monoisotopic (exact) mass is 251 g/mol. The molecule has 7 nitrogen and oxygen atoms in total. The number of aromatic nitrogens is 3. The van der Waals surface area contributed by atoms with Crippen molar-refractivity contribution >= 4 is 23.2 Å². The Morgan fingerprint density at radius 3 is 2.82 bits per heavy atom. The van der Waals surface area contributed by atoms with E-state index in [9.17, 15) is 10.1 Å².